The van der Waals surface area contributed by atoms with E-state index in [0.29, 0.717) is 0 Å². The van der Waals surface area contributed by atoms with Crippen LogP contribution in [0, 0.1) is 0 Å². The van der Waals surface area contributed by atoms with Gasteiger partial charge in [-0.25, -0.2) is 0 Å². The van der Waals surface area contributed by atoms with Crippen molar-refractivity contribution in [2.75, 3.05) is 21.3 Å². The number of hydrogen-bond acceptors (Lipinski definition) is 3. The summed E-state index contributed by atoms with van der Waals surface area (Å²) in [6.07, 6.45) is 9.00. The topological polar surface area (TPSA) is 30.5 Å². The maximum absolute atomic E-state index is 5.51. The summed E-state index contributed by atoms with van der Waals surface area (Å²) in [4.78, 5) is 0. The molecule has 0 aromatic heterocycles. The summed E-state index contributed by atoms with van der Waals surface area (Å²) in [6, 6.07) is 6.26. The zero-order chi connectivity index (χ0) is 15.5. The molecule has 0 bridgehead atoms. The largest absolute Gasteiger partial charge is 0.496 e. The van der Waals surface area contributed by atoms with Crippen molar-refractivity contribution in [1.82, 2.24) is 5.32 Å². The summed E-state index contributed by atoms with van der Waals surface area (Å²) in [5, 5.41) is 3.41. The Bertz CT molecular complexity index is 371. The van der Waals surface area contributed by atoms with E-state index in [9.17, 15) is 0 Å². The first-order valence-corrected chi connectivity index (χ1v) is 8.16. The highest BCUT2D eigenvalue weighted by molar-refractivity contribution is 5.46. The van der Waals surface area contributed by atoms with Crippen molar-refractivity contribution < 1.29 is 9.47 Å². The van der Waals surface area contributed by atoms with E-state index < -0.39 is 0 Å². The standard InChI is InChI=1S/C18H31NO2/c1-5-6-7-8-9-10-12-15(19-2)18-16(20-3)13-11-14-17(18)21-4/h11,13-15,19H,5-10,12H2,1-4H3. The minimum atomic E-state index is 0.280. The van der Waals surface area contributed by atoms with Crippen LogP contribution >= 0.6 is 0 Å². The highest BCUT2D eigenvalue weighted by atomic mass is 16.5. The number of unbranched alkanes of at least 4 members (excludes halogenated alkanes) is 5. The first-order chi connectivity index (χ1) is 10.3. The molecule has 0 aliphatic carbocycles. The molecule has 21 heavy (non-hydrogen) atoms. The fourth-order valence-corrected chi connectivity index (χ4v) is 2.79. The zero-order valence-electron chi connectivity index (χ0n) is 14.1. The molecular formula is C18H31NO2. The third-order valence-electron chi connectivity index (χ3n) is 4.01. The molecule has 0 spiro atoms. The summed E-state index contributed by atoms with van der Waals surface area (Å²) in [6.45, 7) is 2.25. The summed E-state index contributed by atoms with van der Waals surface area (Å²) in [7, 11) is 5.44. The van der Waals surface area contributed by atoms with Gasteiger partial charge in [-0.05, 0) is 25.6 Å². The lowest BCUT2D eigenvalue weighted by atomic mass is 9.98. The Morgan fingerprint density at radius 1 is 0.952 bits per heavy atom. The number of nitrogens with one attached hydrogen (secondary N) is 1. The molecule has 1 atom stereocenters. The third kappa shape index (κ3) is 5.58. The molecule has 1 N–H and O–H groups in total. The van der Waals surface area contributed by atoms with Crippen molar-refractivity contribution in [1.29, 1.82) is 0 Å². The van der Waals surface area contributed by atoms with Crippen LogP contribution in [0.15, 0.2) is 18.2 Å². The van der Waals surface area contributed by atoms with Crippen LogP contribution in [-0.2, 0) is 0 Å². The molecule has 0 radical (unpaired) electrons. The molecule has 1 aromatic carbocycles. The smallest absolute Gasteiger partial charge is 0.127 e. The van der Waals surface area contributed by atoms with Crippen LogP contribution in [0.25, 0.3) is 0 Å². The van der Waals surface area contributed by atoms with Crippen molar-refractivity contribution in [3.63, 3.8) is 0 Å². The van der Waals surface area contributed by atoms with Crippen LogP contribution < -0.4 is 14.8 Å². The molecule has 0 amide bonds. The predicted octanol–water partition coefficient (Wildman–Crippen LogP) is 4.71. The van der Waals surface area contributed by atoms with Gasteiger partial charge in [0.15, 0.2) is 0 Å². The Labute approximate surface area is 130 Å². The van der Waals surface area contributed by atoms with Crippen molar-refractivity contribution in [3.05, 3.63) is 23.8 Å². The van der Waals surface area contributed by atoms with Gasteiger partial charge in [-0.2, -0.15) is 0 Å². The van der Waals surface area contributed by atoms with Gasteiger partial charge in [0.05, 0.1) is 19.8 Å². The van der Waals surface area contributed by atoms with E-state index in [-0.39, 0.29) is 6.04 Å². The highest BCUT2D eigenvalue weighted by Crippen LogP contribution is 2.36. The van der Waals surface area contributed by atoms with Crippen LogP contribution in [0.5, 0.6) is 11.5 Å². The summed E-state index contributed by atoms with van der Waals surface area (Å²) >= 11 is 0. The Hall–Kier alpha value is -1.22. The molecule has 120 valence electrons. The Morgan fingerprint density at radius 3 is 2.05 bits per heavy atom. The third-order valence-corrected chi connectivity index (χ3v) is 4.01. The molecule has 0 saturated heterocycles. The maximum atomic E-state index is 5.51. The molecule has 1 unspecified atom stereocenters. The number of rotatable bonds is 11. The molecular weight excluding hydrogens is 262 g/mol. The molecule has 0 aliphatic heterocycles. The molecule has 0 fully saturated rings. The molecule has 1 aromatic rings. The normalized spacial score (nSPS) is 12.2. The SMILES string of the molecule is CCCCCCCCC(NC)c1c(OC)cccc1OC. The van der Waals surface area contributed by atoms with E-state index in [0.717, 1.165) is 23.5 Å². The second-order valence-electron chi connectivity index (χ2n) is 5.47. The van der Waals surface area contributed by atoms with Gasteiger partial charge in [-0.15, -0.1) is 0 Å². The summed E-state index contributed by atoms with van der Waals surface area (Å²) < 4.78 is 11.0. The van der Waals surface area contributed by atoms with Gasteiger partial charge < -0.3 is 14.8 Å². The minimum absolute atomic E-state index is 0.280. The molecule has 0 heterocycles. The van der Waals surface area contributed by atoms with E-state index in [4.69, 9.17) is 9.47 Å². The van der Waals surface area contributed by atoms with Crippen molar-refractivity contribution in [2.45, 2.75) is 57.9 Å². The average molecular weight is 293 g/mol. The van der Waals surface area contributed by atoms with Gasteiger partial charge in [0, 0.05) is 6.04 Å². The molecule has 3 nitrogen and oxygen atoms in total. The van der Waals surface area contributed by atoms with Crippen molar-refractivity contribution >= 4 is 0 Å². The quantitative estimate of drug-likeness (QED) is 0.599. The fraction of sp³-hybridized carbons (Fsp3) is 0.667. The Morgan fingerprint density at radius 2 is 1.52 bits per heavy atom. The van der Waals surface area contributed by atoms with Crippen molar-refractivity contribution in [3.8, 4) is 11.5 Å². The Balaban J connectivity index is 2.63. The second-order valence-corrected chi connectivity index (χ2v) is 5.47. The monoisotopic (exact) mass is 293 g/mol. The molecule has 0 saturated carbocycles. The van der Waals surface area contributed by atoms with Crippen LogP contribution in [-0.4, -0.2) is 21.3 Å². The number of benzene rings is 1. The lowest BCUT2D eigenvalue weighted by Crippen LogP contribution is -2.18. The summed E-state index contributed by atoms with van der Waals surface area (Å²) in [5.74, 6) is 1.80. The van der Waals surface area contributed by atoms with E-state index >= 15 is 0 Å². The minimum Gasteiger partial charge on any atom is -0.496 e. The predicted molar refractivity (Wildman–Crippen MR) is 89.3 cm³/mol. The van der Waals surface area contributed by atoms with Crippen LogP contribution in [0.3, 0.4) is 0 Å². The lowest BCUT2D eigenvalue weighted by molar-refractivity contribution is 0.367. The summed E-state index contributed by atoms with van der Waals surface area (Å²) in [5.41, 5.74) is 1.14. The lowest BCUT2D eigenvalue weighted by Gasteiger charge is -2.22. The van der Waals surface area contributed by atoms with Crippen LogP contribution in [0.1, 0.15) is 63.5 Å². The first kappa shape index (κ1) is 17.8. The number of methoxy groups -OCH3 is 2. The van der Waals surface area contributed by atoms with Crippen LogP contribution in [0.4, 0.5) is 0 Å². The van der Waals surface area contributed by atoms with Gasteiger partial charge in [-0.3, -0.25) is 0 Å². The first-order valence-electron chi connectivity index (χ1n) is 8.16. The number of ether oxygens (including phenoxy) is 2. The van der Waals surface area contributed by atoms with E-state index in [1.54, 1.807) is 14.2 Å². The average Bonchev–Trinajstić information content (AvgIpc) is 2.53. The van der Waals surface area contributed by atoms with Gasteiger partial charge in [0.1, 0.15) is 11.5 Å². The molecule has 1 rings (SSSR count). The number of hydrogen-bond donors (Lipinski definition) is 1. The van der Waals surface area contributed by atoms with E-state index in [2.05, 4.69) is 12.2 Å². The highest BCUT2D eigenvalue weighted by Gasteiger charge is 2.18. The van der Waals surface area contributed by atoms with Gasteiger partial charge in [-0.1, -0.05) is 51.5 Å². The van der Waals surface area contributed by atoms with E-state index in [1.165, 1.54) is 38.5 Å². The van der Waals surface area contributed by atoms with Gasteiger partial charge >= 0.3 is 0 Å². The van der Waals surface area contributed by atoms with Gasteiger partial charge in [0.2, 0.25) is 0 Å². The van der Waals surface area contributed by atoms with E-state index in [1.807, 2.05) is 25.2 Å². The van der Waals surface area contributed by atoms with Gasteiger partial charge in [0.25, 0.3) is 0 Å². The van der Waals surface area contributed by atoms with Crippen molar-refractivity contribution in [2.24, 2.45) is 0 Å². The maximum Gasteiger partial charge on any atom is 0.127 e. The zero-order valence-corrected chi connectivity index (χ0v) is 14.1. The molecule has 3 heteroatoms. The second kappa shape index (κ2) is 10.5. The van der Waals surface area contributed by atoms with Crippen LogP contribution in [0.2, 0.25) is 0 Å². The fourth-order valence-electron chi connectivity index (χ4n) is 2.79. The Kier molecular flexibility index (Phi) is 8.91. The molecule has 0 aliphatic rings.